The lowest BCUT2D eigenvalue weighted by Gasteiger charge is -2.26. The Morgan fingerprint density at radius 3 is 2.87 bits per heavy atom. The van der Waals surface area contributed by atoms with Crippen LogP contribution in [0.25, 0.3) is 11.0 Å². The van der Waals surface area contributed by atoms with Gasteiger partial charge in [0.1, 0.15) is 0 Å². The van der Waals surface area contributed by atoms with Crippen molar-refractivity contribution in [2.45, 2.75) is 25.3 Å². The van der Waals surface area contributed by atoms with E-state index in [9.17, 15) is 4.79 Å². The molecular weight excluding hydrogens is 256 g/mol. The Hall–Kier alpha value is -1.03. The summed E-state index contributed by atoms with van der Waals surface area (Å²) in [5.41, 5.74) is 1.96. The standard InChI is InChI=1S/C11H11BrN2O/c12-7-4-5-9-10(6-7)14(11(15)13-9)8-2-1-3-8/h4-6,8H,1-3H2,(H,13,15). The van der Waals surface area contributed by atoms with Crippen LogP contribution in [0.2, 0.25) is 0 Å². The molecule has 1 aliphatic rings. The van der Waals surface area contributed by atoms with Gasteiger partial charge in [-0.15, -0.1) is 0 Å². The third-order valence-electron chi connectivity index (χ3n) is 3.12. The van der Waals surface area contributed by atoms with Crippen LogP contribution in [0, 0.1) is 0 Å². The van der Waals surface area contributed by atoms with Crippen molar-refractivity contribution in [1.29, 1.82) is 0 Å². The lowest BCUT2D eigenvalue weighted by atomic mass is 9.93. The molecule has 1 heterocycles. The summed E-state index contributed by atoms with van der Waals surface area (Å²) in [5.74, 6) is 0. The van der Waals surface area contributed by atoms with E-state index in [2.05, 4.69) is 20.9 Å². The van der Waals surface area contributed by atoms with Gasteiger partial charge in [0.15, 0.2) is 0 Å². The van der Waals surface area contributed by atoms with Crippen LogP contribution >= 0.6 is 15.9 Å². The van der Waals surface area contributed by atoms with Gasteiger partial charge >= 0.3 is 5.69 Å². The minimum absolute atomic E-state index is 0.0211. The molecule has 1 aliphatic carbocycles. The highest BCUT2D eigenvalue weighted by Gasteiger charge is 2.23. The van der Waals surface area contributed by atoms with Crippen LogP contribution in [-0.4, -0.2) is 9.55 Å². The third-order valence-corrected chi connectivity index (χ3v) is 3.61. The number of nitrogens with zero attached hydrogens (tertiary/aromatic N) is 1. The Balaban J connectivity index is 2.29. The van der Waals surface area contributed by atoms with E-state index in [0.717, 1.165) is 28.3 Å². The first-order valence-corrected chi connectivity index (χ1v) is 5.95. The molecule has 3 rings (SSSR count). The number of hydrogen-bond donors (Lipinski definition) is 1. The molecule has 0 atom stereocenters. The SMILES string of the molecule is O=c1[nH]c2ccc(Br)cc2n1C1CCC1. The maximum absolute atomic E-state index is 11.8. The highest BCUT2D eigenvalue weighted by Crippen LogP contribution is 2.32. The van der Waals surface area contributed by atoms with Gasteiger partial charge in [-0.05, 0) is 37.5 Å². The van der Waals surface area contributed by atoms with Crippen molar-refractivity contribution >= 4 is 27.0 Å². The van der Waals surface area contributed by atoms with E-state index < -0.39 is 0 Å². The van der Waals surface area contributed by atoms with E-state index in [0.29, 0.717) is 6.04 Å². The molecule has 0 saturated heterocycles. The van der Waals surface area contributed by atoms with Crippen molar-refractivity contribution in [1.82, 2.24) is 9.55 Å². The van der Waals surface area contributed by atoms with Crippen LogP contribution in [-0.2, 0) is 0 Å². The number of aromatic nitrogens is 2. The fourth-order valence-electron chi connectivity index (χ4n) is 2.10. The summed E-state index contributed by atoms with van der Waals surface area (Å²) in [6.45, 7) is 0. The van der Waals surface area contributed by atoms with Gasteiger partial charge in [0, 0.05) is 10.5 Å². The monoisotopic (exact) mass is 266 g/mol. The second kappa shape index (κ2) is 3.23. The van der Waals surface area contributed by atoms with E-state index in [1.165, 1.54) is 6.42 Å². The second-order valence-electron chi connectivity index (χ2n) is 4.05. The van der Waals surface area contributed by atoms with E-state index in [-0.39, 0.29) is 5.69 Å². The molecule has 1 aromatic carbocycles. The van der Waals surface area contributed by atoms with Gasteiger partial charge < -0.3 is 4.98 Å². The number of imidazole rings is 1. The van der Waals surface area contributed by atoms with Crippen molar-refractivity contribution in [3.05, 3.63) is 33.2 Å². The van der Waals surface area contributed by atoms with Gasteiger partial charge in [0.05, 0.1) is 11.0 Å². The summed E-state index contributed by atoms with van der Waals surface area (Å²) in [7, 11) is 0. The molecule has 0 aliphatic heterocycles. The van der Waals surface area contributed by atoms with Crippen LogP contribution in [0.5, 0.6) is 0 Å². The van der Waals surface area contributed by atoms with Crippen LogP contribution < -0.4 is 5.69 Å². The fraction of sp³-hybridized carbons (Fsp3) is 0.364. The maximum Gasteiger partial charge on any atom is 0.326 e. The van der Waals surface area contributed by atoms with Crippen LogP contribution in [0.1, 0.15) is 25.3 Å². The molecule has 0 amide bonds. The van der Waals surface area contributed by atoms with Crippen LogP contribution in [0.3, 0.4) is 0 Å². The molecule has 0 unspecified atom stereocenters. The van der Waals surface area contributed by atoms with E-state index in [1.807, 2.05) is 22.8 Å². The van der Waals surface area contributed by atoms with Gasteiger partial charge in [-0.25, -0.2) is 4.79 Å². The molecule has 0 bridgehead atoms. The lowest BCUT2D eigenvalue weighted by molar-refractivity contribution is 0.314. The Labute approximate surface area is 95.2 Å². The molecular formula is C11H11BrN2O. The molecule has 0 radical (unpaired) electrons. The number of benzene rings is 1. The number of nitrogens with one attached hydrogen (secondary N) is 1. The van der Waals surface area contributed by atoms with Gasteiger partial charge in [-0.2, -0.15) is 0 Å². The molecule has 0 spiro atoms. The Morgan fingerprint density at radius 1 is 1.40 bits per heavy atom. The number of fused-ring (bicyclic) bond motifs is 1. The molecule has 78 valence electrons. The van der Waals surface area contributed by atoms with Crippen LogP contribution in [0.4, 0.5) is 0 Å². The second-order valence-corrected chi connectivity index (χ2v) is 4.96. The summed E-state index contributed by atoms with van der Waals surface area (Å²) in [5, 5.41) is 0. The summed E-state index contributed by atoms with van der Waals surface area (Å²) >= 11 is 3.44. The summed E-state index contributed by atoms with van der Waals surface area (Å²) < 4.78 is 2.91. The Kier molecular flexibility index (Phi) is 1.99. The quantitative estimate of drug-likeness (QED) is 0.847. The average Bonchev–Trinajstić information content (AvgIpc) is 2.42. The topological polar surface area (TPSA) is 37.8 Å². The summed E-state index contributed by atoms with van der Waals surface area (Å²) in [6.07, 6.45) is 3.48. The highest BCUT2D eigenvalue weighted by molar-refractivity contribution is 9.10. The minimum atomic E-state index is 0.0211. The smallest absolute Gasteiger partial charge is 0.306 e. The van der Waals surface area contributed by atoms with E-state index >= 15 is 0 Å². The van der Waals surface area contributed by atoms with Gasteiger partial charge in [0.25, 0.3) is 0 Å². The average molecular weight is 267 g/mol. The fourth-order valence-corrected chi connectivity index (χ4v) is 2.45. The van der Waals surface area contributed by atoms with Gasteiger partial charge in [-0.1, -0.05) is 15.9 Å². The molecule has 1 N–H and O–H groups in total. The maximum atomic E-state index is 11.8. The van der Waals surface area contributed by atoms with Crippen molar-refractivity contribution < 1.29 is 0 Å². The predicted octanol–water partition coefficient (Wildman–Crippen LogP) is 2.82. The summed E-state index contributed by atoms with van der Waals surface area (Å²) in [4.78, 5) is 14.7. The number of hydrogen-bond acceptors (Lipinski definition) is 1. The number of halogens is 1. The Bertz CT molecular complexity index is 565. The third kappa shape index (κ3) is 1.35. The first-order chi connectivity index (χ1) is 7.25. The highest BCUT2D eigenvalue weighted by atomic mass is 79.9. The molecule has 1 aromatic heterocycles. The van der Waals surface area contributed by atoms with Crippen molar-refractivity contribution in [2.75, 3.05) is 0 Å². The largest absolute Gasteiger partial charge is 0.326 e. The molecule has 4 heteroatoms. The normalized spacial score (nSPS) is 16.9. The molecule has 2 aromatic rings. The number of H-pyrrole nitrogens is 1. The lowest BCUT2D eigenvalue weighted by Crippen LogP contribution is -2.26. The number of rotatable bonds is 1. The van der Waals surface area contributed by atoms with Crippen molar-refractivity contribution in [2.24, 2.45) is 0 Å². The molecule has 15 heavy (non-hydrogen) atoms. The van der Waals surface area contributed by atoms with Gasteiger partial charge in [0.2, 0.25) is 0 Å². The zero-order valence-electron chi connectivity index (χ0n) is 8.16. The molecule has 1 saturated carbocycles. The first kappa shape index (κ1) is 9.21. The van der Waals surface area contributed by atoms with Crippen molar-refractivity contribution in [3.63, 3.8) is 0 Å². The van der Waals surface area contributed by atoms with E-state index in [1.54, 1.807) is 0 Å². The number of aromatic amines is 1. The predicted molar refractivity (Wildman–Crippen MR) is 63.1 cm³/mol. The summed E-state index contributed by atoms with van der Waals surface area (Å²) in [6, 6.07) is 6.30. The zero-order valence-corrected chi connectivity index (χ0v) is 9.75. The first-order valence-electron chi connectivity index (χ1n) is 5.15. The van der Waals surface area contributed by atoms with Crippen LogP contribution in [0.15, 0.2) is 27.5 Å². The Morgan fingerprint density at radius 2 is 2.20 bits per heavy atom. The minimum Gasteiger partial charge on any atom is -0.306 e. The molecule has 3 nitrogen and oxygen atoms in total. The van der Waals surface area contributed by atoms with Gasteiger partial charge in [-0.3, -0.25) is 4.57 Å². The van der Waals surface area contributed by atoms with E-state index in [4.69, 9.17) is 0 Å². The van der Waals surface area contributed by atoms with Crippen molar-refractivity contribution in [3.8, 4) is 0 Å². The molecule has 1 fully saturated rings. The zero-order chi connectivity index (χ0) is 10.4.